The van der Waals surface area contributed by atoms with Crippen LogP contribution in [-0.4, -0.2) is 23.0 Å². The van der Waals surface area contributed by atoms with Crippen LogP contribution in [0.5, 0.6) is 0 Å². The van der Waals surface area contributed by atoms with Crippen molar-refractivity contribution < 1.29 is 23.5 Å². The lowest BCUT2D eigenvalue weighted by Crippen LogP contribution is -2.57. The van der Waals surface area contributed by atoms with Crippen molar-refractivity contribution in [3.8, 4) is 0 Å². The maximum absolute atomic E-state index is 14.2. The normalized spacial score (nSPS) is 23.6. The number of carbonyl (C=O) groups is 2. The zero-order valence-electron chi connectivity index (χ0n) is 21.2. The summed E-state index contributed by atoms with van der Waals surface area (Å²) in [6.07, 6.45) is 8.03. The lowest BCUT2D eigenvalue weighted by molar-refractivity contribution is -0.138. The minimum absolute atomic E-state index is 0.0421. The average molecular weight is 546 g/mol. The number of carbonyl (C=O) groups excluding carboxylic acids is 1. The molecule has 0 spiro atoms. The van der Waals surface area contributed by atoms with Gasteiger partial charge in [-0.1, -0.05) is 43.0 Å². The van der Waals surface area contributed by atoms with E-state index in [1.54, 1.807) is 12.1 Å². The van der Waals surface area contributed by atoms with Crippen molar-refractivity contribution in [1.29, 1.82) is 0 Å². The summed E-state index contributed by atoms with van der Waals surface area (Å²) < 4.78 is 28.5. The molecule has 9 heteroatoms. The highest BCUT2D eigenvalue weighted by Crippen LogP contribution is 2.49. The number of amides is 1. The van der Waals surface area contributed by atoms with Gasteiger partial charge < -0.3 is 21.1 Å². The van der Waals surface area contributed by atoms with Gasteiger partial charge in [0, 0.05) is 29.6 Å². The zero-order valence-corrected chi connectivity index (χ0v) is 22.0. The molecule has 0 aromatic heterocycles. The summed E-state index contributed by atoms with van der Waals surface area (Å²) in [6, 6.07) is 9.43. The Balaban J connectivity index is 1.48. The van der Waals surface area contributed by atoms with Gasteiger partial charge in [-0.25, -0.2) is 8.78 Å². The molecule has 2 aliphatic carbocycles. The van der Waals surface area contributed by atoms with Crippen molar-refractivity contribution in [2.45, 2.75) is 75.9 Å². The van der Waals surface area contributed by atoms with Crippen LogP contribution in [0, 0.1) is 29.4 Å². The summed E-state index contributed by atoms with van der Waals surface area (Å²) in [5.41, 5.74) is 0.442. The molecule has 204 valence electrons. The van der Waals surface area contributed by atoms with E-state index in [2.05, 4.69) is 16.0 Å². The standard InChI is InChI=1S/C29H34ClF2N3O3/c30-20-10-8-19(9-11-20)29(34-24-15-22(31)23(32)16-25(24)35-29)27(18-4-2-1-3-5-18)28(38)33-21-12-6-17(7-13-21)14-26(36)37/h8-11,15-18,21,27,34-35H,1-7,12-14H2,(H,33,38)(H,36,37). The molecule has 0 radical (unpaired) electrons. The topological polar surface area (TPSA) is 90.5 Å². The first-order valence-electron chi connectivity index (χ1n) is 13.6. The predicted octanol–water partition coefficient (Wildman–Crippen LogP) is 6.65. The molecule has 1 heterocycles. The number of carboxylic acids is 1. The highest BCUT2D eigenvalue weighted by atomic mass is 35.5. The molecule has 6 nitrogen and oxygen atoms in total. The Bertz CT molecular complexity index is 1150. The molecule has 1 amide bonds. The molecular weight excluding hydrogens is 512 g/mol. The third kappa shape index (κ3) is 5.46. The van der Waals surface area contributed by atoms with Crippen LogP contribution in [0.1, 0.15) is 69.8 Å². The van der Waals surface area contributed by atoms with E-state index in [1.807, 2.05) is 12.1 Å². The fourth-order valence-electron chi connectivity index (χ4n) is 6.68. The van der Waals surface area contributed by atoms with Gasteiger partial charge in [-0.15, -0.1) is 0 Å². The summed E-state index contributed by atoms with van der Waals surface area (Å²) in [5.74, 6) is -3.20. The molecule has 3 aliphatic rings. The monoisotopic (exact) mass is 545 g/mol. The molecular formula is C29H34ClF2N3O3. The van der Waals surface area contributed by atoms with Gasteiger partial charge >= 0.3 is 5.97 Å². The van der Waals surface area contributed by atoms with Crippen LogP contribution in [0.4, 0.5) is 20.2 Å². The summed E-state index contributed by atoms with van der Waals surface area (Å²) >= 11 is 6.20. The van der Waals surface area contributed by atoms with Gasteiger partial charge in [0.1, 0.15) is 5.66 Å². The van der Waals surface area contributed by atoms with E-state index < -0.39 is 29.2 Å². The quantitative estimate of drug-likeness (QED) is 0.312. The zero-order chi connectivity index (χ0) is 26.9. The molecule has 2 saturated carbocycles. The summed E-state index contributed by atoms with van der Waals surface area (Å²) in [5, 5.41) is 19.8. The molecule has 1 aliphatic heterocycles. The van der Waals surface area contributed by atoms with E-state index in [0.717, 1.165) is 75.5 Å². The highest BCUT2D eigenvalue weighted by molar-refractivity contribution is 6.30. The van der Waals surface area contributed by atoms with Crippen molar-refractivity contribution in [2.24, 2.45) is 17.8 Å². The van der Waals surface area contributed by atoms with E-state index in [0.29, 0.717) is 16.4 Å². The van der Waals surface area contributed by atoms with Crippen molar-refractivity contribution in [1.82, 2.24) is 5.32 Å². The van der Waals surface area contributed by atoms with E-state index in [1.165, 1.54) is 0 Å². The van der Waals surface area contributed by atoms with E-state index >= 15 is 0 Å². The number of hydrogen-bond donors (Lipinski definition) is 4. The predicted molar refractivity (Wildman–Crippen MR) is 143 cm³/mol. The number of fused-ring (bicyclic) bond motifs is 1. The van der Waals surface area contributed by atoms with Gasteiger partial charge in [-0.3, -0.25) is 9.59 Å². The molecule has 0 saturated heterocycles. The maximum atomic E-state index is 14.2. The summed E-state index contributed by atoms with van der Waals surface area (Å²) in [4.78, 5) is 25.4. The highest BCUT2D eigenvalue weighted by Gasteiger charge is 2.52. The molecule has 4 N–H and O–H groups in total. The first kappa shape index (κ1) is 26.7. The second-order valence-electron chi connectivity index (χ2n) is 11.1. The first-order chi connectivity index (χ1) is 18.2. The van der Waals surface area contributed by atoms with Crippen molar-refractivity contribution in [2.75, 3.05) is 10.6 Å². The number of aliphatic carboxylic acids is 1. The van der Waals surface area contributed by atoms with Crippen LogP contribution in [0.2, 0.25) is 5.02 Å². The Hall–Kier alpha value is -2.87. The molecule has 0 bridgehead atoms. The lowest BCUT2D eigenvalue weighted by Gasteiger charge is -2.44. The second kappa shape index (κ2) is 11.1. The first-order valence-corrected chi connectivity index (χ1v) is 14.0. The van der Waals surface area contributed by atoms with Crippen LogP contribution >= 0.6 is 11.6 Å². The van der Waals surface area contributed by atoms with Crippen LogP contribution in [0.25, 0.3) is 0 Å². The number of halogens is 3. The maximum Gasteiger partial charge on any atom is 0.303 e. The smallest absolute Gasteiger partial charge is 0.303 e. The Kier molecular flexibility index (Phi) is 7.80. The van der Waals surface area contributed by atoms with Gasteiger partial charge in [0.05, 0.1) is 17.3 Å². The van der Waals surface area contributed by atoms with Crippen LogP contribution in [0.3, 0.4) is 0 Å². The number of benzene rings is 2. The molecule has 1 atom stereocenters. The van der Waals surface area contributed by atoms with E-state index in [-0.39, 0.29) is 30.2 Å². The minimum Gasteiger partial charge on any atom is -0.481 e. The molecule has 38 heavy (non-hydrogen) atoms. The molecule has 1 unspecified atom stereocenters. The average Bonchev–Trinajstić information content (AvgIpc) is 3.24. The molecule has 2 fully saturated rings. The Labute approximate surface area is 226 Å². The third-order valence-electron chi connectivity index (χ3n) is 8.55. The van der Waals surface area contributed by atoms with Gasteiger partial charge in [0.2, 0.25) is 5.91 Å². The van der Waals surface area contributed by atoms with Crippen LogP contribution < -0.4 is 16.0 Å². The number of nitrogens with one attached hydrogen (secondary N) is 3. The minimum atomic E-state index is -1.13. The number of anilines is 2. The molecule has 2 aromatic rings. The largest absolute Gasteiger partial charge is 0.481 e. The Morgan fingerprint density at radius 3 is 2.08 bits per heavy atom. The van der Waals surface area contributed by atoms with Crippen molar-refractivity contribution >= 4 is 34.9 Å². The SMILES string of the molecule is O=C(O)CC1CCC(NC(=O)C(C2CCCCC2)C2(c3ccc(Cl)cc3)Nc3cc(F)c(F)cc3N2)CC1. The fraction of sp³-hybridized carbons (Fsp3) is 0.517. The molecule has 2 aromatic carbocycles. The van der Waals surface area contributed by atoms with Gasteiger partial charge in [0.25, 0.3) is 0 Å². The second-order valence-corrected chi connectivity index (χ2v) is 11.5. The number of carboxylic acid groups (broad SMARTS) is 1. The van der Waals surface area contributed by atoms with Crippen LogP contribution in [-0.2, 0) is 15.3 Å². The summed E-state index contributed by atoms with van der Waals surface area (Å²) in [6.45, 7) is 0. The molecule has 5 rings (SSSR count). The van der Waals surface area contributed by atoms with Crippen molar-refractivity contribution in [3.63, 3.8) is 0 Å². The Morgan fingerprint density at radius 2 is 1.53 bits per heavy atom. The fourth-order valence-corrected chi connectivity index (χ4v) is 6.81. The number of rotatable bonds is 7. The van der Waals surface area contributed by atoms with Crippen LogP contribution in [0.15, 0.2) is 36.4 Å². The van der Waals surface area contributed by atoms with E-state index in [9.17, 15) is 18.4 Å². The third-order valence-corrected chi connectivity index (χ3v) is 8.80. The van der Waals surface area contributed by atoms with E-state index in [4.69, 9.17) is 16.7 Å². The van der Waals surface area contributed by atoms with Crippen molar-refractivity contribution in [3.05, 3.63) is 58.6 Å². The number of hydrogen-bond acceptors (Lipinski definition) is 4. The lowest BCUT2D eigenvalue weighted by atomic mass is 9.71. The van der Waals surface area contributed by atoms with Gasteiger partial charge in [0.15, 0.2) is 11.6 Å². The Morgan fingerprint density at radius 1 is 0.947 bits per heavy atom. The van der Waals surface area contributed by atoms with Gasteiger partial charge in [-0.2, -0.15) is 0 Å². The summed E-state index contributed by atoms with van der Waals surface area (Å²) in [7, 11) is 0. The van der Waals surface area contributed by atoms with Gasteiger partial charge in [-0.05, 0) is 68.1 Å².